The van der Waals surface area contributed by atoms with Gasteiger partial charge in [-0.1, -0.05) is 24.3 Å². The molecule has 5 rings (SSSR count). The van der Waals surface area contributed by atoms with Crippen molar-refractivity contribution in [2.24, 2.45) is 0 Å². The molecule has 0 bridgehead atoms. The van der Waals surface area contributed by atoms with Crippen molar-refractivity contribution in [1.29, 1.82) is 0 Å². The van der Waals surface area contributed by atoms with E-state index in [1.807, 2.05) is 0 Å². The SMILES string of the molecule is O=C(Cn1c(=O)[nH]c2ccccc2c1=O)Nc1ccc(C(=O)N2CC(=O)Nc3ccccc32)cc1. The third-order valence-corrected chi connectivity index (χ3v) is 5.62. The van der Waals surface area contributed by atoms with E-state index in [1.165, 1.54) is 29.2 Å². The molecule has 1 aromatic heterocycles. The largest absolute Gasteiger partial charge is 0.329 e. The second kappa shape index (κ2) is 8.75. The molecule has 0 aliphatic carbocycles. The van der Waals surface area contributed by atoms with Crippen molar-refractivity contribution in [2.75, 3.05) is 22.1 Å². The van der Waals surface area contributed by atoms with E-state index in [-0.39, 0.29) is 18.4 Å². The van der Waals surface area contributed by atoms with Crippen molar-refractivity contribution < 1.29 is 14.4 Å². The lowest BCUT2D eigenvalue weighted by Crippen LogP contribution is -2.42. The van der Waals surface area contributed by atoms with E-state index in [1.54, 1.807) is 48.5 Å². The Labute approximate surface area is 197 Å². The summed E-state index contributed by atoms with van der Waals surface area (Å²) >= 11 is 0. The van der Waals surface area contributed by atoms with Crippen LogP contribution in [0.15, 0.2) is 82.4 Å². The number of H-pyrrole nitrogens is 1. The molecule has 1 aliphatic heterocycles. The minimum Gasteiger partial charge on any atom is -0.325 e. The maximum absolute atomic E-state index is 13.0. The fraction of sp³-hybridized carbons (Fsp3) is 0.0800. The predicted octanol–water partition coefficient (Wildman–Crippen LogP) is 1.93. The Morgan fingerprint density at radius 3 is 2.40 bits per heavy atom. The van der Waals surface area contributed by atoms with Crippen LogP contribution < -0.4 is 26.8 Å². The van der Waals surface area contributed by atoms with Crippen LogP contribution in [-0.4, -0.2) is 33.8 Å². The van der Waals surface area contributed by atoms with Gasteiger partial charge < -0.3 is 15.6 Å². The summed E-state index contributed by atoms with van der Waals surface area (Å²) in [5.41, 5.74) is 1.01. The Hall–Kier alpha value is -4.99. The van der Waals surface area contributed by atoms with Gasteiger partial charge in [-0.3, -0.25) is 28.6 Å². The molecule has 3 N–H and O–H groups in total. The van der Waals surface area contributed by atoms with Crippen LogP contribution in [0.4, 0.5) is 17.1 Å². The van der Waals surface area contributed by atoms with Gasteiger partial charge in [0.25, 0.3) is 11.5 Å². The molecule has 0 unspecified atom stereocenters. The van der Waals surface area contributed by atoms with Gasteiger partial charge in [-0.15, -0.1) is 0 Å². The van der Waals surface area contributed by atoms with Crippen molar-refractivity contribution in [2.45, 2.75) is 6.54 Å². The van der Waals surface area contributed by atoms with Gasteiger partial charge in [0.15, 0.2) is 0 Å². The van der Waals surface area contributed by atoms with Crippen LogP contribution in [0.1, 0.15) is 10.4 Å². The zero-order valence-electron chi connectivity index (χ0n) is 18.3. The number of hydrogen-bond donors (Lipinski definition) is 3. The van der Waals surface area contributed by atoms with E-state index in [2.05, 4.69) is 15.6 Å². The van der Waals surface area contributed by atoms with Gasteiger partial charge in [-0.05, 0) is 48.5 Å². The minimum absolute atomic E-state index is 0.108. The number of aromatic amines is 1. The van der Waals surface area contributed by atoms with E-state index in [0.717, 1.165) is 4.57 Å². The summed E-state index contributed by atoms with van der Waals surface area (Å²) in [5.74, 6) is -1.23. The van der Waals surface area contributed by atoms with Crippen LogP contribution in [0.2, 0.25) is 0 Å². The molecule has 0 atom stereocenters. The smallest absolute Gasteiger partial charge is 0.325 e. The van der Waals surface area contributed by atoms with Gasteiger partial charge in [0.1, 0.15) is 13.1 Å². The third-order valence-electron chi connectivity index (χ3n) is 5.62. The molecule has 0 spiro atoms. The molecule has 0 fully saturated rings. The second-order valence-electron chi connectivity index (χ2n) is 7.95. The number of amides is 3. The van der Waals surface area contributed by atoms with Crippen LogP contribution in [0.3, 0.4) is 0 Å². The summed E-state index contributed by atoms with van der Waals surface area (Å²) in [6, 6.07) is 19.7. The normalized spacial score (nSPS) is 12.7. The number of nitrogens with zero attached hydrogens (tertiary/aromatic N) is 2. The van der Waals surface area contributed by atoms with Gasteiger partial charge in [0.05, 0.1) is 22.3 Å². The number of hydrogen-bond acceptors (Lipinski definition) is 5. The number of aromatic nitrogens is 2. The first-order valence-corrected chi connectivity index (χ1v) is 10.7. The average molecular weight is 469 g/mol. The number of nitrogens with one attached hydrogen (secondary N) is 3. The summed E-state index contributed by atoms with van der Waals surface area (Å²) in [5, 5.41) is 5.66. The van der Waals surface area contributed by atoms with E-state index in [4.69, 9.17) is 0 Å². The third kappa shape index (κ3) is 4.20. The van der Waals surface area contributed by atoms with Gasteiger partial charge in [-0.2, -0.15) is 0 Å². The fourth-order valence-corrected chi connectivity index (χ4v) is 3.95. The molecular weight excluding hydrogens is 450 g/mol. The van der Waals surface area contributed by atoms with Gasteiger partial charge >= 0.3 is 5.69 Å². The summed E-state index contributed by atoms with van der Waals surface area (Å²) in [7, 11) is 0. The Balaban J connectivity index is 1.31. The molecule has 4 aromatic rings. The van der Waals surface area contributed by atoms with E-state index < -0.39 is 23.7 Å². The van der Waals surface area contributed by atoms with E-state index in [9.17, 15) is 24.0 Å². The first kappa shape index (κ1) is 21.8. The Morgan fingerprint density at radius 2 is 1.60 bits per heavy atom. The van der Waals surface area contributed by atoms with Crippen LogP contribution >= 0.6 is 0 Å². The number of carbonyl (C=O) groups is 3. The zero-order chi connectivity index (χ0) is 24.5. The van der Waals surface area contributed by atoms with Crippen molar-refractivity contribution in [3.63, 3.8) is 0 Å². The highest BCUT2D eigenvalue weighted by molar-refractivity contribution is 6.15. The van der Waals surface area contributed by atoms with Gasteiger partial charge in [0.2, 0.25) is 11.8 Å². The maximum atomic E-state index is 13.0. The van der Waals surface area contributed by atoms with E-state index in [0.29, 0.717) is 33.5 Å². The zero-order valence-corrected chi connectivity index (χ0v) is 18.3. The van der Waals surface area contributed by atoms with Crippen LogP contribution in [0.5, 0.6) is 0 Å². The molecule has 3 aromatic carbocycles. The van der Waals surface area contributed by atoms with Crippen LogP contribution in [-0.2, 0) is 16.1 Å². The molecule has 2 heterocycles. The lowest BCUT2D eigenvalue weighted by Gasteiger charge is -2.29. The number of carbonyl (C=O) groups excluding carboxylic acids is 3. The van der Waals surface area contributed by atoms with E-state index >= 15 is 0 Å². The highest BCUT2D eigenvalue weighted by Crippen LogP contribution is 2.30. The second-order valence-corrected chi connectivity index (χ2v) is 7.95. The Bertz CT molecular complexity index is 1600. The maximum Gasteiger partial charge on any atom is 0.329 e. The summed E-state index contributed by atoms with van der Waals surface area (Å²) in [6.07, 6.45) is 0. The molecule has 0 saturated carbocycles. The molecule has 0 radical (unpaired) electrons. The fourth-order valence-electron chi connectivity index (χ4n) is 3.95. The average Bonchev–Trinajstić information content (AvgIpc) is 2.86. The molecule has 1 aliphatic rings. The number of benzene rings is 3. The first-order valence-electron chi connectivity index (χ1n) is 10.7. The quantitative estimate of drug-likeness (QED) is 0.420. The monoisotopic (exact) mass is 469 g/mol. The first-order chi connectivity index (χ1) is 16.9. The molecule has 10 nitrogen and oxygen atoms in total. The molecule has 35 heavy (non-hydrogen) atoms. The molecule has 10 heteroatoms. The van der Waals surface area contributed by atoms with Crippen LogP contribution in [0, 0.1) is 0 Å². The van der Waals surface area contributed by atoms with Crippen molar-refractivity contribution in [3.05, 3.63) is 99.2 Å². The Kier molecular flexibility index (Phi) is 5.46. The summed E-state index contributed by atoms with van der Waals surface area (Å²) in [4.78, 5) is 66.4. The summed E-state index contributed by atoms with van der Waals surface area (Å²) in [6.45, 7) is -0.581. The van der Waals surface area contributed by atoms with Gasteiger partial charge in [0, 0.05) is 11.3 Å². The summed E-state index contributed by atoms with van der Waals surface area (Å²) < 4.78 is 0.828. The predicted molar refractivity (Wildman–Crippen MR) is 131 cm³/mol. The standard InChI is InChI=1S/C25H19N5O5/c31-21(14-30-24(34)17-5-1-2-6-18(17)28-25(30)35)26-16-11-9-15(10-12-16)23(33)29-13-22(32)27-19-7-3-4-8-20(19)29/h1-12H,13-14H2,(H,26,31)(H,27,32)(H,28,35). The number of fused-ring (bicyclic) bond motifs is 2. The topological polar surface area (TPSA) is 133 Å². The number of rotatable bonds is 4. The van der Waals surface area contributed by atoms with Gasteiger partial charge in [-0.25, -0.2) is 4.79 Å². The van der Waals surface area contributed by atoms with Crippen molar-refractivity contribution >= 4 is 45.7 Å². The molecule has 174 valence electrons. The molecule has 0 saturated heterocycles. The Morgan fingerprint density at radius 1 is 0.886 bits per heavy atom. The lowest BCUT2D eigenvalue weighted by molar-refractivity contribution is -0.117. The molecular formula is C25H19N5O5. The van der Waals surface area contributed by atoms with Crippen molar-refractivity contribution in [3.8, 4) is 0 Å². The minimum atomic E-state index is -0.685. The number of para-hydroxylation sites is 3. The number of anilines is 3. The lowest BCUT2D eigenvalue weighted by atomic mass is 10.1. The molecule has 3 amide bonds. The highest BCUT2D eigenvalue weighted by atomic mass is 16.2. The van der Waals surface area contributed by atoms with Crippen LogP contribution in [0.25, 0.3) is 10.9 Å². The van der Waals surface area contributed by atoms with Crippen molar-refractivity contribution in [1.82, 2.24) is 9.55 Å². The highest BCUT2D eigenvalue weighted by Gasteiger charge is 2.27.